The predicted octanol–water partition coefficient (Wildman–Crippen LogP) is 3.45. The maximum atomic E-state index is 13.8. The van der Waals surface area contributed by atoms with Crippen LogP contribution in [-0.4, -0.2) is 49.9 Å². The fourth-order valence-electron chi connectivity index (χ4n) is 4.53. The number of ether oxygens (including phenoxy) is 2. The summed E-state index contributed by atoms with van der Waals surface area (Å²) in [4.78, 5) is 31.2. The molecule has 0 saturated heterocycles. The van der Waals surface area contributed by atoms with Crippen molar-refractivity contribution in [3.05, 3.63) is 53.7 Å². The standard InChI is InChI=1S/C25H22F2N6O4/c1-31-21-16-10-15(6-7-18(16)30-22(28)17(21)11-29-31)24(35)33(32(2)23(34)14-4-5-14)12-13-3-8-19-20(9-13)37-25(26,27)36-19/h3,6-11,14H,4-5,12H2,1-2H3,(H2,28,30). The number of rotatable bonds is 4. The number of nitrogens with two attached hydrogens (primary N) is 1. The zero-order valence-corrected chi connectivity index (χ0v) is 19.9. The van der Waals surface area contributed by atoms with Gasteiger partial charge in [-0.2, -0.15) is 5.10 Å². The Morgan fingerprint density at radius 3 is 2.65 bits per heavy atom. The number of hydrogen-bond acceptors (Lipinski definition) is 7. The van der Waals surface area contributed by atoms with Crippen LogP contribution in [0.1, 0.15) is 28.8 Å². The Morgan fingerprint density at radius 1 is 1.14 bits per heavy atom. The number of benzene rings is 2. The van der Waals surface area contributed by atoms with Crippen molar-refractivity contribution in [3.63, 3.8) is 0 Å². The van der Waals surface area contributed by atoms with Crippen LogP contribution in [0.2, 0.25) is 0 Å². The van der Waals surface area contributed by atoms with Gasteiger partial charge in [-0.3, -0.25) is 19.3 Å². The largest absolute Gasteiger partial charge is 0.586 e. The van der Waals surface area contributed by atoms with Crippen molar-refractivity contribution < 1.29 is 27.8 Å². The second-order valence-corrected chi connectivity index (χ2v) is 9.21. The molecule has 3 heterocycles. The van der Waals surface area contributed by atoms with Crippen LogP contribution in [0.5, 0.6) is 11.5 Å². The normalized spacial score (nSPS) is 15.8. The van der Waals surface area contributed by atoms with E-state index in [0.717, 1.165) is 18.4 Å². The van der Waals surface area contributed by atoms with Gasteiger partial charge in [-0.05, 0) is 48.7 Å². The Hall–Kier alpha value is -4.48. The summed E-state index contributed by atoms with van der Waals surface area (Å²) in [6.07, 6.45) is -0.629. The van der Waals surface area contributed by atoms with Gasteiger partial charge in [0.05, 0.1) is 29.2 Å². The minimum atomic E-state index is -3.76. The lowest BCUT2D eigenvalue weighted by Crippen LogP contribution is -2.47. The maximum Gasteiger partial charge on any atom is 0.586 e. The van der Waals surface area contributed by atoms with E-state index in [1.54, 1.807) is 42.2 Å². The van der Waals surface area contributed by atoms with E-state index in [0.29, 0.717) is 33.2 Å². The highest BCUT2D eigenvalue weighted by Crippen LogP contribution is 2.41. The summed E-state index contributed by atoms with van der Waals surface area (Å²) < 4.78 is 37.7. The zero-order chi connectivity index (χ0) is 26.1. The molecule has 0 unspecified atom stereocenters. The summed E-state index contributed by atoms with van der Waals surface area (Å²) >= 11 is 0. The molecule has 2 aliphatic rings. The zero-order valence-electron chi connectivity index (χ0n) is 19.9. The molecule has 0 atom stereocenters. The van der Waals surface area contributed by atoms with Gasteiger partial charge >= 0.3 is 6.29 Å². The smallest absolute Gasteiger partial charge is 0.395 e. The van der Waals surface area contributed by atoms with Crippen LogP contribution in [-0.2, 0) is 18.4 Å². The van der Waals surface area contributed by atoms with Gasteiger partial charge < -0.3 is 15.2 Å². The Balaban J connectivity index is 1.39. The molecule has 1 aliphatic carbocycles. The van der Waals surface area contributed by atoms with E-state index in [2.05, 4.69) is 19.6 Å². The molecule has 2 N–H and O–H groups in total. The number of hydrogen-bond donors (Lipinski definition) is 1. The van der Waals surface area contributed by atoms with Crippen molar-refractivity contribution in [2.45, 2.75) is 25.7 Å². The molecule has 6 rings (SSSR count). The highest BCUT2D eigenvalue weighted by molar-refractivity contribution is 6.10. The van der Waals surface area contributed by atoms with Crippen molar-refractivity contribution in [3.8, 4) is 11.5 Å². The molecule has 1 fully saturated rings. The molecule has 1 aliphatic heterocycles. The summed E-state index contributed by atoms with van der Waals surface area (Å²) in [6.45, 7) is -0.0604. The summed E-state index contributed by atoms with van der Waals surface area (Å²) in [5, 5.41) is 8.19. The van der Waals surface area contributed by atoms with E-state index >= 15 is 0 Å². The van der Waals surface area contributed by atoms with Gasteiger partial charge in [-0.25, -0.2) is 9.99 Å². The van der Waals surface area contributed by atoms with Gasteiger partial charge in [0.1, 0.15) is 5.82 Å². The van der Waals surface area contributed by atoms with Crippen LogP contribution in [0.15, 0.2) is 42.6 Å². The molecule has 10 nitrogen and oxygen atoms in total. The van der Waals surface area contributed by atoms with Crippen LogP contribution in [0.3, 0.4) is 0 Å². The van der Waals surface area contributed by atoms with Gasteiger partial charge in [0.25, 0.3) is 5.91 Å². The monoisotopic (exact) mass is 508 g/mol. The third-order valence-electron chi connectivity index (χ3n) is 6.59. The van der Waals surface area contributed by atoms with E-state index in [4.69, 9.17) is 5.73 Å². The van der Waals surface area contributed by atoms with Crippen LogP contribution in [0, 0.1) is 5.92 Å². The highest BCUT2D eigenvalue weighted by atomic mass is 19.3. The third kappa shape index (κ3) is 3.94. The summed E-state index contributed by atoms with van der Waals surface area (Å²) in [5.41, 5.74) is 8.19. The van der Waals surface area contributed by atoms with Gasteiger partial charge in [-0.1, -0.05) is 6.07 Å². The molecule has 12 heteroatoms. The number of fused-ring (bicyclic) bond motifs is 4. The molecular weight excluding hydrogens is 486 g/mol. The van der Waals surface area contributed by atoms with E-state index in [1.165, 1.54) is 29.2 Å². The minimum Gasteiger partial charge on any atom is -0.395 e. The number of alkyl halides is 2. The molecule has 0 spiro atoms. The van der Waals surface area contributed by atoms with Crippen molar-refractivity contribution in [1.29, 1.82) is 0 Å². The fourth-order valence-corrected chi connectivity index (χ4v) is 4.53. The Kier molecular flexibility index (Phi) is 4.97. The van der Waals surface area contributed by atoms with Crippen LogP contribution < -0.4 is 15.2 Å². The second-order valence-electron chi connectivity index (χ2n) is 9.21. The van der Waals surface area contributed by atoms with Crippen LogP contribution >= 0.6 is 0 Å². The maximum absolute atomic E-state index is 13.8. The first-order valence-electron chi connectivity index (χ1n) is 11.6. The first-order valence-corrected chi connectivity index (χ1v) is 11.6. The number of hydrazine groups is 1. The fraction of sp³-hybridized carbons (Fsp3) is 0.280. The number of nitrogen functional groups attached to an aromatic ring is 1. The molecule has 2 aromatic heterocycles. The van der Waals surface area contributed by atoms with Gasteiger partial charge in [0, 0.05) is 31.0 Å². The minimum absolute atomic E-state index is 0.0604. The molecule has 2 amide bonds. The number of carbonyl (C=O) groups is 2. The Bertz CT molecular complexity index is 1600. The molecule has 0 bridgehead atoms. The third-order valence-corrected chi connectivity index (χ3v) is 6.59. The first kappa shape index (κ1) is 23.0. The van der Waals surface area contributed by atoms with E-state index in [1.807, 2.05) is 0 Å². The lowest BCUT2D eigenvalue weighted by molar-refractivity contribution is -0.286. The summed E-state index contributed by atoms with van der Waals surface area (Å²) in [6, 6.07) is 9.26. The van der Waals surface area contributed by atoms with Gasteiger partial charge in [-0.15, -0.1) is 8.78 Å². The molecule has 4 aromatic rings. The first-order chi connectivity index (χ1) is 17.6. The number of aromatic nitrogens is 3. The molecule has 0 radical (unpaired) electrons. The number of pyridine rings is 1. The summed E-state index contributed by atoms with van der Waals surface area (Å²) in [5.74, 6) is -0.693. The average molecular weight is 508 g/mol. The van der Waals surface area contributed by atoms with E-state index in [-0.39, 0.29) is 29.9 Å². The topological polar surface area (TPSA) is 116 Å². The number of amides is 2. The van der Waals surface area contributed by atoms with E-state index in [9.17, 15) is 18.4 Å². The lowest BCUT2D eigenvalue weighted by Gasteiger charge is -2.32. The van der Waals surface area contributed by atoms with Crippen molar-refractivity contribution in [2.24, 2.45) is 13.0 Å². The number of carbonyl (C=O) groups excluding carboxylic acids is 2. The van der Waals surface area contributed by atoms with Gasteiger partial charge in [0.15, 0.2) is 11.5 Å². The average Bonchev–Trinajstić information content (AvgIpc) is 3.56. The van der Waals surface area contributed by atoms with Crippen LogP contribution in [0.25, 0.3) is 21.8 Å². The highest BCUT2D eigenvalue weighted by Gasteiger charge is 2.43. The molecule has 190 valence electrons. The molecule has 37 heavy (non-hydrogen) atoms. The SMILES string of the molecule is CN(C(=O)C1CC1)N(Cc1ccc2c(c1)OC(F)(F)O2)C(=O)c1ccc2nc(N)c3cnn(C)c3c2c1. The lowest BCUT2D eigenvalue weighted by atomic mass is 10.1. The Morgan fingerprint density at radius 2 is 1.89 bits per heavy atom. The van der Waals surface area contributed by atoms with Crippen molar-refractivity contribution in [1.82, 2.24) is 24.8 Å². The van der Waals surface area contributed by atoms with Crippen LogP contribution in [0.4, 0.5) is 14.6 Å². The predicted molar refractivity (Wildman–Crippen MR) is 128 cm³/mol. The number of anilines is 1. The molecule has 1 saturated carbocycles. The number of halogens is 2. The number of aryl methyl sites for hydroxylation is 1. The Labute approximate surface area is 209 Å². The van der Waals surface area contributed by atoms with E-state index < -0.39 is 12.2 Å². The molecular formula is C25H22F2N6O4. The van der Waals surface area contributed by atoms with Crippen molar-refractivity contribution >= 4 is 39.4 Å². The van der Waals surface area contributed by atoms with Gasteiger partial charge in [0.2, 0.25) is 5.91 Å². The van der Waals surface area contributed by atoms with Crippen molar-refractivity contribution in [2.75, 3.05) is 12.8 Å². The second kappa shape index (κ2) is 8.02. The molecule has 2 aromatic carbocycles. The summed E-state index contributed by atoms with van der Waals surface area (Å²) in [7, 11) is 3.30. The quantitative estimate of drug-likeness (QED) is 0.420. The number of nitrogens with zero attached hydrogens (tertiary/aromatic N) is 5.